The molecular weight excluding hydrogens is 250 g/mol. The van der Waals surface area contributed by atoms with E-state index in [1.807, 2.05) is 19.1 Å². The van der Waals surface area contributed by atoms with Crippen molar-refractivity contribution in [2.75, 3.05) is 18.4 Å². The number of para-hydroxylation sites is 1. The number of aromatic amines is 1. The Bertz CT molecular complexity index is 595. The van der Waals surface area contributed by atoms with Crippen LogP contribution in [0.2, 0.25) is 0 Å². The van der Waals surface area contributed by atoms with E-state index in [1.165, 1.54) is 10.9 Å². The van der Waals surface area contributed by atoms with Gasteiger partial charge in [-0.1, -0.05) is 25.1 Å². The molecule has 0 fully saturated rings. The minimum Gasteiger partial charge on any atom is -0.352 e. The van der Waals surface area contributed by atoms with E-state index in [1.54, 1.807) is 0 Å². The molecular formula is C16H22N3O+. The number of benzene rings is 1. The maximum Gasteiger partial charge on any atom is 0.275 e. The van der Waals surface area contributed by atoms with Crippen molar-refractivity contribution >= 4 is 22.6 Å². The first-order valence-corrected chi connectivity index (χ1v) is 7.13. The van der Waals surface area contributed by atoms with Gasteiger partial charge in [-0.15, -0.1) is 0 Å². The van der Waals surface area contributed by atoms with E-state index in [2.05, 4.69) is 40.7 Å². The second-order valence-electron chi connectivity index (χ2n) is 4.94. The van der Waals surface area contributed by atoms with Crippen molar-refractivity contribution in [2.45, 2.75) is 26.7 Å². The zero-order valence-corrected chi connectivity index (χ0v) is 12.1. The molecule has 0 aliphatic heterocycles. The van der Waals surface area contributed by atoms with Gasteiger partial charge >= 0.3 is 0 Å². The van der Waals surface area contributed by atoms with Crippen molar-refractivity contribution in [2.24, 2.45) is 0 Å². The topological polar surface area (TPSA) is 55.3 Å². The van der Waals surface area contributed by atoms with Crippen LogP contribution in [-0.4, -0.2) is 19.0 Å². The fourth-order valence-corrected chi connectivity index (χ4v) is 2.16. The zero-order chi connectivity index (χ0) is 14.4. The van der Waals surface area contributed by atoms with Crippen LogP contribution in [0, 0.1) is 6.92 Å². The van der Waals surface area contributed by atoms with E-state index < -0.39 is 0 Å². The molecule has 0 aliphatic rings. The van der Waals surface area contributed by atoms with Gasteiger partial charge in [0.15, 0.2) is 0 Å². The molecule has 0 spiro atoms. The van der Waals surface area contributed by atoms with Crippen LogP contribution in [0.3, 0.4) is 0 Å². The molecule has 0 saturated carbocycles. The lowest BCUT2D eigenvalue weighted by molar-refractivity contribution is -0.327. The molecule has 3 N–H and O–H groups in total. The maximum atomic E-state index is 11.3. The number of amides is 1. The van der Waals surface area contributed by atoms with Crippen molar-refractivity contribution in [3.63, 3.8) is 0 Å². The fourth-order valence-electron chi connectivity index (χ4n) is 2.16. The van der Waals surface area contributed by atoms with E-state index in [4.69, 9.17) is 0 Å². The van der Waals surface area contributed by atoms with E-state index in [-0.39, 0.29) is 5.91 Å². The second-order valence-corrected chi connectivity index (χ2v) is 4.94. The molecule has 1 amide bonds. The zero-order valence-electron chi connectivity index (χ0n) is 12.1. The summed E-state index contributed by atoms with van der Waals surface area (Å²) >= 11 is 0. The first kappa shape index (κ1) is 14.3. The van der Waals surface area contributed by atoms with Crippen LogP contribution >= 0.6 is 0 Å². The molecule has 0 saturated heterocycles. The van der Waals surface area contributed by atoms with Crippen LogP contribution in [0.5, 0.6) is 0 Å². The Kier molecular flexibility index (Phi) is 4.93. The number of rotatable bonds is 6. The van der Waals surface area contributed by atoms with Crippen molar-refractivity contribution in [1.29, 1.82) is 0 Å². The molecule has 0 bridgehead atoms. The minimum atomic E-state index is 0.119. The molecule has 0 radical (unpaired) electrons. The van der Waals surface area contributed by atoms with Crippen LogP contribution in [0.15, 0.2) is 30.3 Å². The molecule has 106 valence electrons. The molecule has 0 atom stereocenters. The number of carbonyl (C=O) groups excluding carboxylic acids is 1. The summed E-state index contributed by atoms with van der Waals surface area (Å²) in [5.41, 5.74) is 2.28. The van der Waals surface area contributed by atoms with Crippen molar-refractivity contribution < 1.29 is 9.78 Å². The number of nitrogens with one attached hydrogen (secondary N) is 3. The van der Waals surface area contributed by atoms with Gasteiger partial charge < -0.3 is 5.32 Å². The van der Waals surface area contributed by atoms with Crippen LogP contribution in [0.25, 0.3) is 10.9 Å². The Morgan fingerprint density at radius 1 is 1.25 bits per heavy atom. The first-order chi connectivity index (χ1) is 9.70. The fraction of sp³-hybridized carbons (Fsp3) is 0.375. The van der Waals surface area contributed by atoms with Crippen LogP contribution < -0.4 is 15.6 Å². The van der Waals surface area contributed by atoms with Gasteiger partial charge in [-0.05, 0) is 25.5 Å². The van der Waals surface area contributed by atoms with E-state index in [0.29, 0.717) is 19.5 Å². The van der Waals surface area contributed by atoms with Gasteiger partial charge in [0.25, 0.3) is 5.82 Å². The monoisotopic (exact) mass is 272 g/mol. The van der Waals surface area contributed by atoms with Gasteiger partial charge in [-0.25, -0.2) is 4.98 Å². The van der Waals surface area contributed by atoms with Crippen LogP contribution in [-0.2, 0) is 4.79 Å². The molecule has 1 heterocycles. The van der Waals surface area contributed by atoms with Gasteiger partial charge in [-0.3, -0.25) is 10.1 Å². The summed E-state index contributed by atoms with van der Waals surface area (Å²) < 4.78 is 0. The average molecular weight is 272 g/mol. The molecule has 2 rings (SSSR count). The lowest BCUT2D eigenvalue weighted by Gasteiger charge is -2.05. The van der Waals surface area contributed by atoms with Crippen molar-refractivity contribution in [3.8, 4) is 0 Å². The third kappa shape index (κ3) is 3.70. The Balaban J connectivity index is 1.93. The predicted molar refractivity (Wildman–Crippen MR) is 81.6 cm³/mol. The van der Waals surface area contributed by atoms with Gasteiger partial charge in [0.05, 0.1) is 6.54 Å². The number of hydrogen-bond donors (Lipinski definition) is 2. The number of hydrogen-bond acceptors (Lipinski definition) is 2. The minimum absolute atomic E-state index is 0.119. The lowest BCUT2D eigenvalue weighted by atomic mass is 10.1. The summed E-state index contributed by atoms with van der Waals surface area (Å²) in [7, 11) is 0. The lowest BCUT2D eigenvalue weighted by Crippen LogP contribution is -2.29. The highest BCUT2D eigenvalue weighted by Gasteiger charge is 2.08. The number of H-pyrrole nitrogens is 1. The van der Waals surface area contributed by atoms with E-state index in [9.17, 15) is 4.79 Å². The van der Waals surface area contributed by atoms with Crippen molar-refractivity contribution in [3.05, 3.63) is 35.9 Å². The number of pyridine rings is 1. The number of anilines is 1. The normalized spacial score (nSPS) is 10.5. The van der Waals surface area contributed by atoms with Crippen LogP contribution in [0.1, 0.15) is 25.3 Å². The van der Waals surface area contributed by atoms with Crippen molar-refractivity contribution in [1.82, 2.24) is 5.32 Å². The predicted octanol–water partition coefficient (Wildman–Crippen LogP) is 2.29. The molecule has 4 nitrogen and oxygen atoms in total. The Morgan fingerprint density at radius 2 is 2.05 bits per heavy atom. The van der Waals surface area contributed by atoms with Gasteiger partial charge in [0.2, 0.25) is 5.91 Å². The number of carbonyl (C=O) groups is 1. The van der Waals surface area contributed by atoms with Gasteiger partial charge in [0, 0.05) is 17.4 Å². The smallest absolute Gasteiger partial charge is 0.275 e. The summed E-state index contributed by atoms with van der Waals surface area (Å²) in [4.78, 5) is 14.7. The number of aryl methyl sites for hydroxylation is 1. The molecule has 0 unspecified atom stereocenters. The third-order valence-corrected chi connectivity index (χ3v) is 3.21. The Hall–Kier alpha value is -2.10. The van der Waals surface area contributed by atoms with E-state index in [0.717, 1.165) is 17.8 Å². The summed E-state index contributed by atoms with van der Waals surface area (Å²) in [5.74, 6) is 1.13. The standard InChI is InChI=1S/C16H21N3O/c1-3-6-15(20)17-9-10-18-16-12(2)11-13-7-4-5-8-14(13)19-16/h4-5,7-8,11H,3,6,9-10H2,1-2H3,(H,17,20)(H,18,19)/p+1. The number of fused-ring (bicyclic) bond motifs is 1. The van der Waals surface area contributed by atoms with Gasteiger partial charge in [-0.2, -0.15) is 0 Å². The van der Waals surface area contributed by atoms with Crippen LogP contribution in [0.4, 0.5) is 5.82 Å². The molecule has 1 aromatic heterocycles. The molecule has 0 aliphatic carbocycles. The maximum absolute atomic E-state index is 11.3. The van der Waals surface area contributed by atoms with E-state index >= 15 is 0 Å². The summed E-state index contributed by atoms with van der Waals surface area (Å²) in [6.07, 6.45) is 1.48. The first-order valence-electron chi connectivity index (χ1n) is 7.13. The molecule has 20 heavy (non-hydrogen) atoms. The highest BCUT2D eigenvalue weighted by molar-refractivity contribution is 5.77. The second kappa shape index (κ2) is 6.89. The quantitative estimate of drug-likeness (QED) is 0.793. The Morgan fingerprint density at radius 3 is 2.85 bits per heavy atom. The highest BCUT2D eigenvalue weighted by Crippen LogP contribution is 2.15. The third-order valence-electron chi connectivity index (χ3n) is 3.21. The highest BCUT2D eigenvalue weighted by atomic mass is 16.1. The largest absolute Gasteiger partial charge is 0.352 e. The molecule has 1 aromatic carbocycles. The summed E-state index contributed by atoms with van der Waals surface area (Å²) in [6, 6.07) is 10.4. The SMILES string of the molecule is CCCC(=O)NCCNc1[nH+]c2ccccc2cc1C. The van der Waals surface area contributed by atoms with Gasteiger partial charge in [0.1, 0.15) is 12.1 Å². The molecule has 4 heteroatoms. The summed E-state index contributed by atoms with van der Waals surface area (Å²) in [5, 5.41) is 7.43. The Labute approximate surface area is 119 Å². The number of aromatic nitrogens is 1. The summed E-state index contributed by atoms with van der Waals surface area (Å²) in [6.45, 7) is 5.43. The molecule has 2 aromatic rings. The average Bonchev–Trinajstić information content (AvgIpc) is 2.44.